The molecule has 0 bridgehead atoms. The van der Waals surface area contributed by atoms with Crippen molar-refractivity contribution in [1.82, 2.24) is 20.0 Å². The number of benzene rings is 1. The van der Waals surface area contributed by atoms with E-state index in [0.29, 0.717) is 5.69 Å². The van der Waals surface area contributed by atoms with E-state index in [1.54, 1.807) is 17.5 Å². The first-order valence-electron chi connectivity index (χ1n) is 6.67. The van der Waals surface area contributed by atoms with Crippen LogP contribution in [0.2, 0.25) is 0 Å². The number of halogens is 1. The monoisotopic (exact) mass is 394 g/mol. The lowest BCUT2D eigenvalue weighted by Gasteiger charge is -2.26. The van der Waals surface area contributed by atoms with Crippen molar-refractivity contribution in [3.05, 3.63) is 63.9 Å². The van der Waals surface area contributed by atoms with Crippen molar-refractivity contribution in [3.8, 4) is 0 Å². The van der Waals surface area contributed by atoms with Gasteiger partial charge in [0.2, 0.25) is 0 Å². The maximum absolute atomic E-state index is 12.3. The van der Waals surface area contributed by atoms with Crippen LogP contribution in [0.15, 0.2) is 49.1 Å². The Bertz CT molecular complexity index is 677. The molecule has 2 aromatic rings. The number of imidazole rings is 1. The predicted octanol–water partition coefficient (Wildman–Crippen LogP) is 2.57. The van der Waals surface area contributed by atoms with Crippen LogP contribution < -0.4 is 5.43 Å². The summed E-state index contributed by atoms with van der Waals surface area (Å²) in [7, 11) is 0. The number of nitrogens with one attached hydrogen (secondary N) is 1. The number of amides is 1. The minimum atomic E-state index is -0.144. The molecule has 1 N–H and O–H groups in total. The van der Waals surface area contributed by atoms with Crippen LogP contribution in [0.4, 0.5) is 0 Å². The summed E-state index contributed by atoms with van der Waals surface area (Å²) in [6, 6.07) is 8.33. The highest BCUT2D eigenvalue weighted by atomic mass is 127. The number of carbonyl (C=O) groups is 1. The fourth-order valence-corrected chi connectivity index (χ4v) is 2.53. The van der Waals surface area contributed by atoms with Crippen LogP contribution in [-0.4, -0.2) is 27.0 Å². The Balaban J connectivity index is 1.82. The number of hydrazine groups is 1. The van der Waals surface area contributed by atoms with Gasteiger partial charge in [-0.25, -0.2) is 4.98 Å². The highest BCUT2D eigenvalue weighted by molar-refractivity contribution is 14.1. The first kappa shape index (κ1) is 14.1. The summed E-state index contributed by atoms with van der Waals surface area (Å²) in [5.74, 6) is -0.144. The second-order valence-electron chi connectivity index (χ2n) is 4.89. The highest BCUT2D eigenvalue weighted by Gasteiger charge is 2.19. The summed E-state index contributed by atoms with van der Waals surface area (Å²) >= 11 is 2.28. The molecular weight excluding hydrogens is 379 g/mol. The van der Waals surface area contributed by atoms with E-state index < -0.39 is 0 Å². The maximum atomic E-state index is 12.3. The SMILES string of the molecule is C[C@H](c1ccc(I)cc1)n1cncc1C(=O)NN1C=CC1. The second kappa shape index (κ2) is 5.88. The molecule has 1 aromatic heterocycles. The van der Waals surface area contributed by atoms with Crippen LogP contribution in [-0.2, 0) is 0 Å². The second-order valence-corrected chi connectivity index (χ2v) is 6.14. The summed E-state index contributed by atoms with van der Waals surface area (Å²) in [4.78, 5) is 16.4. The Morgan fingerprint density at radius 2 is 2.10 bits per heavy atom. The molecule has 0 unspecified atom stereocenters. The molecule has 1 aromatic carbocycles. The van der Waals surface area contributed by atoms with Crippen molar-refractivity contribution in [3.63, 3.8) is 0 Å². The zero-order valence-corrected chi connectivity index (χ0v) is 13.7. The molecule has 0 saturated carbocycles. The van der Waals surface area contributed by atoms with E-state index in [1.165, 1.54) is 3.57 Å². The number of hydrogen-bond donors (Lipinski definition) is 1. The van der Waals surface area contributed by atoms with Gasteiger partial charge in [-0.1, -0.05) is 12.1 Å². The Hall–Kier alpha value is -1.83. The molecule has 0 radical (unpaired) electrons. The molecule has 1 atom stereocenters. The number of nitrogens with zero attached hydrogens (tertiary/aromatic N) is 3. The van der Waals surface area contributed by atoms with Gasteiger partial charge in [0.25, 0.3) is 5.91 Å². The van der Waals surface area contributed by atoms with E-state index in [-0.39, 0.29) is 11.9 Å². The number of aromatic nitrogens is 2. The molecule has 6 heteroatoms. The minimum Gasteiger partial charge on any atom is -0.319 e. The third-order valence-electron chi connectivity index (χ3n) is 3.50. The molecule has 0 saturated heterocycles. The van der Waals surface area contributed by atoms with Crippen LogP contribution in [0.1, 0.15) is 29.0 Å². The Morgan fingerprint density at radius 1 is 1.38 bits per heavy atom. The molecule has 0 spiro atoms. The zero-order valence-electron chi connectivity index (χ0n) is 11.5. The van der Waals surface area contributed by atoms with Crippen molar-refractivity contribution < 1.29 is 4.79 Å². The van der Waals surface area contributed by atoms with Gasteiger partial charge in [0.15, 0.2) is 0 Å². The summed E-state index contributed by atoms with van der Waals surface area (Å²) in [6.07, 6.45) is 7.11. The Kier molecular flexibility index (Phi) is 3.96. The summed E-state index contributed by atoms with van der Waals surface area (Å²) < 4.78 is 3.08. The molecular formula is C15H15IN4O. The average molecular weight is 394 g/mol. The van der Waals surface area contributed by atoms with Gasteiger partial charge < -0.3 is 4.57 Å². The Labute approximate surface area is 136 Å². The lowest BCUT2D eigenvalue weighted by atomic mass is 10.1. The van der Waals surface area contributed by atoms with Gasteiger partial charge in [-0.15, -0.1) is 0 Å². The maximum Gasteiger partial charge on any atom is 0.288 e. The molecule has 2 heterocycles. The van der Waals surface area contributed by atoms with Gasteiger partial charge in [-0.05, 0) is 53.3 Å². The number of carbonyl (C=O) groups excluding carboxylic acids is 1. The van der Waals surface area contributed by atoms with Crippen LogP contribution >= 0.6 is 22.6 Å². The fourth-order valence-electron chi connectivity index (χ4n) is 2.17. The van der Waals surface area contributed by atoms with E-state index in [9.17, 15) is 4.79 Å². The lowest BCUT2D eigenvalue weighted by molar-refractivity contribution is 0.0836. The first-order valence-corrected chi connectivity index (χ1v) is 7.74. The van der Waals surface area contributed by atoms with Crippen molar-refractivity contribution in [2.24, 2.45) is 0 Å². The number of hydrogen-bond acceptors (Lipinski definition) is 3. The number of rotatable bonds is 4. The quantitative estimate of drug-likeness (QED) is 0.812. The topological polar surface area (TPSA) is 50.2 Å². The lowest BCUT2D eigenvalue weighted by Crippen LogP contribution is -2.43. The molecule has 5 nitrogen and oxygen atoms in total. The summed E-state index contributed by atoms with van der Waals surface area (Å²) in [5, 5.41) is 1.75. The van der Waals surface area contributed by atoms with Crippen LogP contribution in [0.3, 0.4) is 0 Å². The van der Waals surface area contributed by atoms with E-state index >= 15 is 0 Å². The van der Waals surface area contributed by atoms with Gasteiger partial charge >= 0.3 is 0 Å². The molecule has 108 valence electrons. The molecule has 0 aliphatic carbocycles. The van der Waals surface area contributed by atoms with Crippen LogP contribution in [0, 0.1) is 3.57 Å². The molecule has 0 fully saturated rings. The van der Waals surface area contributed by atoms with E-state index in [2.05, 4.69) is 64.2 Å². The standard InChI is InChI=1S/C15H15IN4O/c1-11(12-3-5-13(16)6-4-12)20-10-17-9-14(20)15(21)18-19-7-2-8-19/h2-7,9-11H,8H2,1H3,(H,18,21)/t11-/m1/s1. The van der Waals surface area contributed by atoms with Crippen molar-refractivity contribution in [2.45, 2.75) is 13.0 Å². The van der Waals surface area contributed by atoms with Crippen LogP contribution in [0.5, 0.6) is 0 Å². The van der Waals surface area contributed by atoms with Gasteiger partial charge in [0, 0.05) is 9.77 Å². The van der Waals surface area contributed by atoms with Crippen molar-refractivity contribution in [1.29, 1.82) is 0 Å². The van der Waals surface area contributed by atoms with Crippen LogP contribution in [0.25, 0.3) is 0 Å². The fraction of sp³-hybridized carbons (Fsp3) is 0.200. The van der Waals surface area contributed by atoms with Gasteiger partial charge in [-0.3, -0.25) is 15.2 Å². The minimum absolute atomic E-state index is 0.0529. The van der Waals surface area contributed by atoms with Crippen molar-refractivity contribution in [2.75, 3.05) is 6.54 Å². The largest absolute Gasteiger partial charge is 0.319 e. The third kappa shape index (κ3) is 2.94. The van der Waals surface area contributed by atoms with E-state index in [0.717, 1.165) is 12.1 Å². The molecule has 3 rings (SSSR count). The summed E-state index contributed by atoms with van der Waals surface area (Å²) in [5.41, 5.74) is 4.52. The Morgan fingerprint density at radius 3 is 2.71 bits per heavy atom. The molecule has 1 aliphatic heterocycles. The van der Waals surface area contributed by atoms with Gasteiger partial charge in [0.05, 0.1) is 25.1 Å². The van der Waals surface area contributed by atoms with E-state index in [4.69, 9.17) is 0 Å². The molecule has 1 aliphatic rings. The summed E-state index contributed by atoms with van der Waals surface area (Å²) in [6.45, 7) is 2.80. The van der Waals surface area contributed by atoms with Gasteiger partial charge in [0.1, 0.15) is 5.69 Å². The highest BCUT2D eigenvalue weighted by Crippen LogP contribution is 2.20. The third-order valence-corrected chi connectivity index (χ3v) is 4.22. The van der Waals surface area contributed by atoms with Crippen molar-refractivity contribution >= 4 is 28.5 Å². The smallest absolute Gasteiger partial charge is 0.288 e. The van der Waals surface area contributed by atoms with Gasteiger partial charge in [-0.2, -0.15) is 0 Å². The predicted molar refractivity (Wildman–Crippen MR) is 88.5 cm³/mol. The first-order chi connectivity index (χ1) is 10.1. The normalized spacial score (nSPS) is 14.7. The molecule has 1 amide bonds. The molecule has 21 heavy (non-hydrogen) atoms. The van der Waals surface area contributed by atoms with E-state index in [1.807, 2.05) is 16.8 Å². The zero-order chi connectivity index (χ0) is 14.8. The average Bonchev–Trinajstić information content (AvgIpc) is 2.92.